The van der Waals surface area contributed by atoms with Gasteiger partial charge in [0.1, 0.15) is 0 Å². The topological polar surface area (TPSA) is 44.0 Å². The van der Waals surface area contributed by atoms with Crippen molar-refractivity contribution >= 4 is 0 Å². The lowest BCUT2D eigenvalue weighted by molar-refractivity contribution is 0.0923. The SMILES string of the molecule is CC(O)C(C)(C#N)Cc1ccccc1. The fourth-order valence-electron chi connectivity index (χ4n) is 1.30. The van der Waals surface area contributed by atoms with Gasteiger partial charge in [0.25, 0.3) is 0 Å². The van der Waals surface area contributed by atoms with E-state index in [-0.39, 0.29) is 0 Å². The Labute approximate surface area is 84.8 Å². The van der Waals surface area contributed by atoms with Gasteiger partial charge in [-0.1, -0.05) is 30.3 Å². The Morgan fingerprint density at radius 1 is 1.43 bits per heavy atom. The Bertz CT molecular complexity index is 326. The van der Waals surface area contributed by atoms with Crippen LogP contribution in [0, 0.1) is 16.7 Å². The first-order valence-corrected chi connectivity index (χ1v) is 4.72. The average molecular weight is 189 g/mol. The molecule has 1 aromatic rings. The van der Waals surface area contributed by atoms with Gasteiger partial charge in [0.2, 0.25) is 0 Å². The molecule has 0 aliphatic carbocycles. The van der Waals surface area contributed by atoms with Gasteiger partial charge >= 0.3 is 0 Å². The summed E-state index contributed by atoms with van der Waals surface area (Å²) in [5.41, 5.74) is 0.388. The predicted octanol–water partition coefficient (Wildman–Crippen LogP) is 2.14. The van der Waals surface area contributed by atoms with Crippen molar-refractivity contribution in [3.05, 3.63) is 35.9 Å². The van der Waals surface area contributed by atoms with Crippen LogP contribution in [0.25, 0.3) is 0 Å². The molecule has 1 N–H and O–H groups in total. The molecule has 0 spiro atoms. The second kappa shape index (κ2) is 4.26. The van der Waals surface area contributed by atoms with Gasteiger partial charge in [-0.3, -0.25) is 0 Å². The van der Waals surface area contributed by atoms with Gasteiger partial charge in [0.15, 0.2) is 0 Å². The first-order valence-electron chi connectivity index (χ1n) is 4.72. The van der Waals surface area contributed by atoms with Crippen LogP contribution in [-0.2, 0) is 6.42 Å². The molecule has 74 valence electrons. The average Bonchev–Trinajstić information content (AvgIpc) is 2.19. The van der Waals surface area contributed by atoms with Crippen LogP contribution in [0.5, 0.6) is 0 Å². The van der Waals surface area contributed by atoms with Crippen LogP contribution in [0.3, 0.4) is 0 Å². The summed E-state index contributed by atoms with van der Waals surface area (Å²) in [6.07, 6.45) is -0.0325. The Kier molecular flexibility index (Phi) is 3.27. The van der Waals surface area contributed by atoms with Crippen molar-refractivity contribution in [3.63, 3.8) is 0 Å². The number of rotatable bonds is 3. The lowest BCUT2D eigenvalue weighted by Crippen LogP contribution is -2.30. The maximum Gasteiger partial charge on any atom is 0.0841 e. The predicted molar refractivity (Wildman–Crippen MR) is 55.5 cm³/mol. The van der Waals surface area contributed by atoms with E-state index in [1.54, 1.807) is 13.8 Å². The van der Waals surface area contributed by atoms with Crippen LogP contribution in [0.1, 0.15) is 19.4 Å². The number of nitriles is 1. The van der Waals surface area contributed by atoms with Crippen LogP contribution in [0.15, 0.2) is 30.3 Å². The zero-order chi connectivity index (χ0) is 10.6. The van der Waals surface area contributed by atoms with Gasteiger partial charge in [0, 0.05) is 0 Å². The molecule has 0 aliphatic rings. The largest absolute Gasteiger partial charge is 0.392 e. The van der Waals surface area contributed by atoms with Crippen LogP contribution in [0.2, 0.25) is 0 Å². The standard InChI is InChI=1S/C12H15NO/c1-10(14)12(2,9-13)8-11-6-4-3-5-7-11/h3-7,10,14H,8H2,1-2H3. The van der Waals surface area contributed by atoms with Crippen LogP contribution in [0.4, 0.5) is 0 Å². The molecular formula is C12H15NO. The summed E-state index contributed by atoms with van der Waals surface area (Å²) >= 11 is 0. The number of hydrogen-bond acceptors (Lipinski definition) is 2. The molecular weight excluding hydrogens is 174 g/mol. The minimum absolute atomic E-state index is 0.585. The van der Waals surface area contributed by atoms with Gasteiger partial charge in [-0.05, 0) is 25.8 Å². The lowest BCUT2D eigenvalue weighted by atomic mass is 9.81. The summed E-state index contributed by atoms with van der Waals surface area (Å²) in [6.45, 7) is 3.44. The normalized spacial score (nSPS) is 16.7. The number of aliphatic hydroxyl groups excluding tert-OH is 1. The molecule has 0 bridgehead atoms. The molecule has 0 aromatic heterocycles. The first-order chi connectivity index (χ1) is 6.58. The fourth-order valence-corrected chi connectivity index (χ4v) is 1.30. The summed E-state index contributed by atoms with van der Waals surface area (Å²) in [7, 11) is 0. The molecule has 2 nitrogen and oxygen atoms in total. The molecule has 2 atom stereocenters. The van der Waals surface area contributed by atoms with Crippen LogP contribution >= 0.6 is 0 Å². The molecule has 1 aromatic carbocycles. The summed E-state index contributed by atoms with van der Waals surface area (Å²) in [5.74, 6) is 0. The van der Waals surface area contributed by atoms with E-state index in [0.717, 1.165) is 5.56 Å². The Balaban J connectivity index is 2.83. The van der Waals surface area contributed by atoms with Gasteiger partial charge in [-0.15, -0.1) is 0 Å². The van der Waals surface area contributed by atoms with Crippen molar-refractivity contribution in [2.24, 2.45) is 5.41 Å². The number of hydrogen-bond donors (Lipinski definition) is 1. The van der Waals surface area contributed by atoms with E-state index < -0.39 is 11.5 Å². The molecule has 14 heavy (non-hydrogen) atoms. The van der Waals surface area contributed by atoms with Gasteiger partial charge in [-0.25, -0.2) is 0 Å². The highest BCUT2D eigenvalue weighted by atomic mass is 16.3. The van der Waals surface area contributed by atoms with Crippen molar-refractivity contribution in [2.75, 3.05) is 0 Å². The van der Waals surface area contributed by atoms with E-state index in [1.165, 1.54) is 0 Å². The summed E-state index contributed by atoms with van der Waals surface area (Å²) < 4.78 is 0. The summed E-state index contributed by atoms with van der Waals surface area (Å²) in [4.78, 5) is 0. The maximum absolute atomic E-state index is 9.51. The van der Waals surface area contributed by atoms with Crippen molar-refractivity contribution in [1.29, 1.82) is 5.26 Å². The van der Waals surface area contributed by atoms with E-state index in [4.69, 9.17) is 5.26 Å². The van der Waals surface area contributed by atoms with E-state index in [9.17, 15) is 5.11 Å². The quantitative estimate of drug-likeness (QED) is 0.791. The molecule has 2 unspecified atom stereocenters. The summed E-state index contributed by atoms with van der Waals surface area (Å²) in [5, 5.41) is 18.5. The highest BCUT2D eigenvalue weighted by molar-refractivity contribution is 5.19. The molecule has 0 aliphatic heterocycles. The smallest absolute Gasteiger partial charge is 0.0841 e. The van der Waals surface area contributed by atoms with Crippen LogP contribution in [-0.4, -0.2) is 11.2 Å². The number of aliphatic hydroxyl groups is 1. The zero-order valence-corrected chi connectivity index (χ0v) is 8.57. The Hall–Kier alpha value is -1.33. The van der Waals surface area contributed by atoms with Gasteiger partial charge in [-0.2, -0.15) is 5.26 Å². The number of nitrogens with zero attached hydrogens (tertiary/aromatic N) is 1. The molecule has 0 fully saturated rings. The monoisotopic (exact) mass is 189 g/mol. The Morgan fingerprint density at radius 3 is 2.43 bits per heavy atom. The third kappa shape index (κ3) is 2.34. The molecule has 0 saturated carbocycles. The molecule has 0 saturated heterocycles. The number of benzene rings is 1. The molecule has 0 radical (unpaired) electrons. The van der Waals surface area contributed by atoms with Gasteiger partial charge in [0.05, 0.1) is 17.6 Å². The highest BCUT2D eigenvalue weighted by Gasteiger charge is 2.29. The summed E-state index contributed by atoms with van der Waals surface area (Å²) in [6, 6.07) is 11.9. The second-order valence-corrected chi connectivity index (χ2v) is 3.87. The fraction of sp³-hybridized carbons (Fsp3) is 0.417. The van der Waals surface area contributed by atoms with E-state index in [0.29, 0.717) is 6.42 Å². The van der Waals surface area contributed by atoms with Crippen molar-refractivity contribution in [1.82, 2.24) is 0 Å². The zero-order valence-electron chi connectivity index (χ0n) is 8.57. The maximum atomic E-state index is 9.51. The Morgan fingerprint density at radius 2 is 2.00 bits per heavy atom. The van der Waals surface area contributed by atoms with E-state index in [1.807, 2.05) is 30.3 Å². The van der Waals surface area contributed by atoms with Crippen molar-refractivity contribution in [3.8, 4) is 6.07 Å². The lowest BCUT2D eigenvalue weighted by Gasteiger charge is -2.24. The first kappa shape index (κ1) is 10.7. The molecule has 2 heteroatoms. The van der Waals surface area contributed by atoms with Crippen molar-refractivity contribution in [2.45, 2.75) is 26.4 Å². The molecule has 0 heterocycles. The highest BCUT2D eigenvalue weighted by Crippen LogP contribution is 2.25. The minimum Gasteiger partial charge on any atom is -0.392 e. The van der Waals surface area contributed by atoms with Crippen molar-refractivity contribution < 1.29 is 5.11 Å². The third-order valence-corrected chi connectivity index (χ3v) is 2.59. The molecule has 1 rings (SSSR count). The second-order valence-electron chi connectivity index (χ2n) is 3.87. The third-order valence-electron chi connectivity index (χ3n) is 2.59. The molecule has 0 amide bonds. The minimum atomic E-state index is -0.693. The van der Waals surface area contributed by atoms with E-state index >= 15 is 0 Å². The van der Waals surface area contributed by atoms with Gasteiger partial charge < -0.3 is 5.11 Å². The van der Waals surface area contributed by atoms with Crippen LogP contribution < -0.4 is 0 Å². The van der Waals surface area contributed by atoms with E-state index in [2.05, 4.69) is 6.07 Å².